The second-order valence-electron chi connectivity index (χ2n) is 5.56. The molecule has 112 valence electrons. The SMILES string of the molecule is CNc1cc(CC(C)C)nc(CSc2ccccc2C)n1. The molecule has 0 aliphatic heterocycles. The van der Waals surface area contributed by atoms with E-state index in [2.05, 4.69) is 55.3 Å². The Balaban J connectivity index is 2.13. The highest BCUT2D eigenvalue weighted by Crippen LogP contribution is 2.25. The minimum atomic E-state index is 0.599. The number of aromatic nitrogens is 2. The van der Waals surface area contributed by atoms with E-state index in [0.29, 0.717) is 5.92 Å². The average molecular weight is 301 g/mol. The Bertz CT molecular complexity index is 596. The van der Waals surface area contributed by atoms with E-state index in [0.717, 1.165) is 29.5 Å². The molecule has 21 heavy (non-hydrogen) atoms. The number of hydrogen-bond acceptors (Lipinski definition) is 4. The van der Waals surface area contributed by atoms with Crippen LogP contribution < -0.4 is 5.32 Å². The molecule has 0 unspecified atom stereocenters. The van der Waals surface area contributed by atoms with Crippen LogP contribution in [0, 0.1) is 12.8 Å². The molecule has 2 aromatic rings. The van der Waals surface area contributed by atoms with Crippen molar-refractivity contribution in [2.75, 3.05) is 12.4 Å². The van der Waals surface area contributed by atoms with Gasteiger partial charge in [-0.2, -0.15) is 0 Å². The molecule has 3 nitrogen and oxygen atoms in total. The minimum Gasteiger partial charge on any atom is -0.373 e. The molecule has 0 aliphatic rings. The quantitative estimate of drug-likeness (QED) is 0.806. The molecule has 0 bridgehead atoms. The highest BCUT2D eigenvalue weighted by Gasteiger charge is 2.07. The molecule has 0 amide bonds. The molecule has 0 saturated carbocycles. The van der Waals surface area contributed by atoms with Crippen LogP contribution in [0.4, 0.5) is 5.82 Å². The number of benzene rings is 1. The highest BCUT2D eigenvalue weighted by atomic mass is 32.2. The van der Waals surface area contributed by atoms with Gasteiger partial charge in [-0.1, -0.05) is 32.0 Å². The first kappa shape index (κ1) is 15.8. The molecule has 0 fully saturated rings. The highest BCUT2D eigenvalue weighted by molar-refractivity contribution is 7.98. The number of thioether (sulfide) groups is 1. The molecular formula is C17H23N3S. The van der Waals surface area contributed by atoms with Gasteiger partial charge in [0.1, 0.15) is 11.6 Å². The zero-order valence-corrected chi connectivity index (χ0v) is 14.0. The fraction of sp³-hybridized carbons (Fsp3) is 0.412. The fourth-order valence-electron chi connectivity index (χ4n) is 2.13. The van der Waals surface area contributed by atoms with Crippen LogP contribution in [-0.2, 0) is 12.2 Å². The summed E-state index contributed by atoms with van der Waals surface area (Å²) >= 11 is 1.79. The molecule has 0 radical (unpaired) electrons. The lowest BCUT2D eigenvalue weighted by atomic mass is 10.1. The molecule has 0 atom stereocenters. The van der Waals surface area contributed by atoms with Crippen LogP contribution in [-0.4, -0.2) is 17.0 Å². The normalized spacial score (nSPS) is 10.9. The summed E-state index contributed by atoms with van der Waals surface area (Å²) in [5, 5.41) is 3.13. The lowest BCUT2D eigenvalue weighted by Gasteiger charge is -2.10. The predicted octanol–water partition coefficient (Wildman–Crippen LogP) is 4.32. The van der Waals surface area contributed by atoms with E-state index >= 15 is 0 Å². The second-order valence-corrected chi connectivity index (χ2v) is 6.58. The first-order valence-corrected chi connectivity index (χ1v) is 8.30. The van der Waals surface area contributed by atoms with Crippen LogP contribution in [0.5, 0.6) is 0 Å². The van der Waals surface area contributed by atoms with Crippen molar-refractivity contribution in [1.29, 1.82) is 0 Å². The van der Waals surface area contributed by atoms with Gasteiger partial charge in [0.25, 0.3) is 0 Å². The summed E-state index contributed by atoms with van der Waals surface area (Å²) < 4.78 is 0. The Morgan fingerprint density at radius 2 is 1.95 bits per heavy atom. The maximum atomic E-state index is 4.69. The van der Waals surface area contributed by atoms with Gasteiger partial charge in [0.05, 0.1) is 5.75 Å². The second kappa shape index (κ2) is 7.46. The van der Waals surface area contributed by atoms with Gasteiger partial charge < -0.3 is 5.32 Å². The molecule has 0 aliphatic carbocycles. The minimum absolute atomic E-state index is 0.599. The van der Waals surface area contributed by atoms with E-state index in [9.17, 15) is 0 Å². The smallest absolute Gasteiger partial charge is 0.141 e. The van der Waals surface area contributed by atoms with E-state index in [-0.39, 0.29) is 0 Å². The van der Waals surface area contributed by atoms with Crippen molar-refractivity contribution in [3.8, 4) is 0 Å². The Hall–Kier alpha value is -1.55. The molecule has 1 aromatic heterocycles. The Morgan fingerprint density at radius 3 is 2.62 bits per heavy atom. The number of rotatable bonds is 6. The van der Waals surface area contributed by atoms with Gasteiger partial charge in [-0.15, -0.1) is 11.8 Å². The van der Waals surface area contributed by atoms with Crippen LogP contribution in [0.15, 0.2) is 35.2 Å². The van der Waals surface area contributed by atoms with Gasteiger partial charge in [0.2, 0.25) is 0 Å². The molecular weight excluding hydrogens is 278 g/mol. The molecule has 1 N–H and O–H groups in total. The van der Waals surface area contributed by atoms with Crippen molar-refractivity contribution in [3.05, 3.63) is 47.4 Å². The largest absolute Gasteiger partial charge is 0.373 e. The van der Waals surface area contributed by atoms with Crippen LogP contribution in [0.3, 0.4) is 0 Å². The zero-order chi connectivity index (χ0) is 15.2. The molecule has 1 heterocycles. The summed E-state index contributed by atoms with van der Waals surface area (Å²) in [4.78, 5) is 10.5. The summed E-state index contributed by atoms with van der Waals surface area (Å²) in [5.74, 6) is 3.19. The third-order valence-corrected chi connectivity index (χ3v) is 4.32. The molecule has 1 aromatic carbocycles. The Morgan fingerprint density at radius 1 is 1.19 bits per heavy atom. The third-order valence-electron chi connectivity index (χ3n) is 3.15. The van der Waals surface area contributed by atoms with Gasteiger partial charge in [0, 0.05) is 23.7 Å². The maximum absolute atomic E-state index is 4.69. The van der Waals surface area contributed by atoms with Crippen molar-refractivity contribution < 1.29 is 0 Å². The summed E-state index contributed by atoms with van der Waals surface area (Å²) in [6, 6.07) is 10.5. The molecule has 0 saturated heterocycles. The van der Waals surface area contributed by atoms with Gasteiger partial charge in [-0.3, -0.25) is 0 Å². The topological polar surface area (TPSA) is 37.8 Å². The number of nitrogens with one attached hydrogen (secondary N) is 1. The average Bonchev–Trinajstić information content (AvgIpc) is 2.45. The summed E-state index contributed by atoms with van der Waals surface area (Å²) in [6.45, 7) is 6.56. The predicted molar refractivity (Wildman–Crippen MR) is 90.9 cm³/mol. The lowest BCUT2D eigenvalue weighted by molar-refractivity contribution is 0.632. The number of hydrogen-bond donors (Lipinski definition) is 1. The first-order valence-electron chi connectivity index (χ1n) is 7.31. The Kier molecular flexibility index (Phi) is 5.62. The zero-order valence-electron chi connectivity index (χ0n) is 13.2. The first-order chi connectivity index (χ1) is 10.1. The molecule has 2 rings (SSSR count). The number of anilines is 1. The van der Waals surface area contributed by atoms with Gasteiger partial charge in [0.15, 0.2) is 0 Å². The standard InChI is InChI=1S/C17H23N3S/c1-12(2)9-14-10-16(18-4)20-17(19-14)11-21-15-8-6-5-7-13(15)3/h5-8,10,12H,9,11H2,1-4H3,(H,18,19,20). The summed E-state index contributed by atoms with van der Waals surface area (Å²) in [5.41, 5.74) is 2.42. The lowest BCUT2D eigenvalue weighted by Crippen LogP contribution is -2.05. The van der Waals surface area contributed by atoms with E-state index in [1.165, 1.54) is 10.5 Å². The van der Waals surface area contributed by atoms with Crippen LogP contribution >= 0.6 is 11.8 Å². The van der Waals surface area contributed by atoms with Crippen molar-refractivity contribution in [2.45, 2.75) is 37.8 Å². The van der Waals surface area contributed by atoms with Gasteiger partial charge in [-0.05, 0) is 30.9 Å². The van der Waals surface area contributed by atoms with Crippen molar-refractivity contribution in [1.82, 2.24) is 9.97 Å². The summed E-state index contributed by atoms with van der Waals surface area (Å²) in [7, 11) is 1.90. The monoisotopic (exact) mass is 301 g/mol. The van der Waals surface area contributed by atoms with Crippen molar-refractivity contribution in [2.24, 2.45) is 5.92 Å². The fourth-order valence-corrected chi connectivity index (χ4v) is 3.01. The van der Waals surface area contributed by atoms with E-state index < -0.39 is 0 Å². The van der Waals surface area contributed by atoms with Gasteiger partial charge >= 0.3 is 0 Å². The van der Waals surface area contributed by atoms with Crippen LogP contribution in [0.1, 0.15) is 30.9 Å². The Labute approximate surface area is 131 Å². The third kappa shape index (κ3) is 4.74. The van der Waals surface area contributed by atoms with Crippen LogP contribution in [0.25, 0.3) is 0 Å². The number of aryl methyl sites for hydroxylation is 1. The summed E-state index contributed by atoms with van der Waals surface area (Å²) in [6.07, 6.45) is 0.985. The molecule has 0 spiro atoms. The van der Waals surface area contributed by atoms with E-state index in [1.807, 2.05) is 13.1 Å². The van der Waals surface area contributed by atoms with Gasteiger partial charge in [-0.25, -0.2) is 9.97 Å². The van der Waals surface area contributed by atoms with Crippen molar-refractivity contribution >= 4 is 17.6 Å². The number of nitrogens with zero attached hydrogens (tertiary/aromatic N) is 2. The molecule has 4 heteroatoms. The van der Waals surface area contributed by atoms with Crippen molar-refractivity contribution in [3.63, 3.8) is 0 Å². The van der Waals surface area contributed by atoms with E-state index in [1.54, 1.807) is 11.8 Å². The maximum Gasteiger partial charge on any atom is 0.141 e. The van der Waals surface area contributed by atoms with E-state index in [4.69, 9.17) is 4.98 Å². The van der Waals surface area contributed by atoms with Crippen LogP contribution in [0.2, 0.25) is 0 Å².